The fourth-order valence-corrected chi connectivity index (χ4v) is 3.01. The first-order chi connectivity index (χ1) is 11.4. The molecule has 0 fully saturated rings. The van der Waals surface area contributed by atoms with Crippen LogP contribution in [0.1, 0.15) is 35.7 Å². The van der Waals surface area contributed by atoms with Crippen molar-refractivity contribution in [1.82, 2.24) is 10.9 Å². The zero-order valence-corrected chi connectivity index (χ0v) is 15.7. The molecule has 0 spiro atoms. The lowest BCUT2D eigenvalue weighted by Crippen LogP contribution is -2.45. The number of carbonyl (C=O) groups excluding carboxylic acids is 2. The largest absolute Gasteiger partial charge is 0.273 e. The lowest BCUT2D eigenvalue weighted by Gasteiger charge is -2.21. The molecule has 24 heavy (non-hydrogen) atoms. The molecular weight excluding hydrogens is 392 g/mol. The highest BCUT2D eigenvalue weighted by Gasteiger charge is 2.24. The highest BCUT2D eigenvalue weighted by atomic mass is 79.9. The number of halogens is 2. The third-order valence-corrected chi connectivity index (χ3v) is 4.54. The van der Waals surface area contributed by atoms with Crippen LogP contribution in [0.25, 0.3) is 0 Å². The fourth-order valence-electron chi connectivity index (χ4n) is 2.42. The van der Waals surface area contributed by atoms with Crippen LogP contribution in [0.2, 0.25) is 5.02 Å². The van der Waals surface area contributed by atoms with Gasteiger partial charge >= 0.3 is 0 Å². The molecule has 0 unspecified atom stereocenters. The third kappa shape index (κ3) is 4.58. The molecule has 126 valence electrons. The van der Waals surface area contributed by atoms with E-state index in [0.717, 1.165) is 5.56 Å². The summed E-state index contributed by atoms with van der Waals surface area (Å²) in [7, 11) is 0. The van der Waals surface area contributed by atoms with Gasteiger partial charge in [-0.25, -0.2) is 0 Å². The van der Waals surface area contributed by atoms with Gasteiger partial charge in [0, 0.05) is 9.50 Å². The first kappa shape index (κ1) is 18.5. The van der Waals surface area contributed by atoms with Crippen LogP contribution < -0.4 is 10.9 Å². The Morgan fingerprint density at radius 1 is 1.00 bits per heavy atom. The van der Waals surface area contributed by atoms with Crippen LogP contribution in [-0.2, 0) is 4.79 Å². The third-order valence-electron chi connectivity index (χ3n) is 3.60. The maximum Gasteiger partial charge on any atom is 0.270 e. The van der Waals surface area contributed by atoms with Crippen molar-refractivity contribution in [3.63, 3.8) is 0 Å². The highest BCUT2D eigenvalue weighted by Crippen LogP contribution is 2.25. The predicted molar refractivity (Wildman–Crippen MR) is 98.8 cm³/mol. The monoisotopic (exact) mass is 408 g/mol. The van der Waals surface area contributed by atoms with E-state index < -0.39 is 0 Å². The number of hydrogen-bond acceptors (Lipinski definition) is 2. The first-order valence-corrected chi connectivity index (χ1v) is 8.67. The van der Waals surface area contributed by atoms with Crippen LogP contribution in [0, 0.1) is 5.92 Å². The second-order valence-corrected chi connectivity index (χ2v) is 6.99. The quantitative estimate of drug-likeness (QED) is 0.740. The molecule has 2 amide bonds. The van der Waals surface area contributed by atoms with Gasteiger partial charge in [-0.2, -0.15) is 0 Å². The molecule has 4 nitrogen and oxygen atoms in total. The molecule has 0 aliphatic rings. The van der Waals surface area contributed by atoms with E-state index in [1.165, 1.54) is 0 Å². The van der Waals surface area contributed by atoms with E-state index in [-0.39, 0.29) is 23.7 Å². The van der Waals surface area contributed by atoms with Gasteiger partial charge in [-0.05, 0) is 51.7 Å². The maximum absolute atomic E-state index is 12.5. The molecule has 0 bridgehead atoms. The highest BCUT2D eigenvalue weighted by molar-refractivity contribution is 9.10. The Labute approximate surface area is 154 Å². The van der Waals surface area contributed by atoms with Gasteiger partial charge in [0.05, 0.1) is 11.5 Å². The molecule has 2 rings (SSSR count). The molecule has 0 saturated carbocycles. The van der Waals surface area contributed by atoms with Crippen LogP contribution in [-0.4, -0.2) is 11.8 Å². The number of carbonyl (C=O) groups is 2. The molecule has 1 atom stereocenters. The van der Waals surface area contributed by atoms with Crippen molar-refractivity contribution in [3.05, 3.63) is 69.2 Å². The Balaban J connectivity index is 2.07. The topological polar surface area (TPSA) is 58.2 Å². The molecule has 0 aromatic heterocycles. The molecule has 6 heteroatoms. The standard InChI is InChI=1S/C18H18BrClN2O2/c1-11(2)16(12-7-9-13(20)10-8-12)18(24)22-21-17(23)14-5-3-4-6-15(14)19/h3-11,16H,1-2H3,(H,21,23)(H,22,24)/t16-/m1/s1. The lowest BCUT2D eigenvalue weighted by atomic mass is 9.88. The smallest absolute Gasteiger partial charge is 0.270 e. The second-order valence-electron chi connectivity index (χ2n) is 5.70. The Hall–Kier alpha value is -1.85. The second kappa shape index (κ2) is 8.31. The Morgan fingerprint density at radius 2 is 1.62 bits per heavy atom. The van der Waals surface area contributed by atoms with E-state index in [2.05, 4.69) is 26.8 Å². The van der Waals surface area contributed by atoms with Gasteiger partial charge < -0.3 is 0 Å². The molecule has 0 aliphatic carbocycles. The summed E-state index contributed by atoms with van der Waals surface area (Å²) in [6.07, 6.45) is 0. The van der Waals surface area contributed by atoms with Gasteiger partial charge in [-0.3, -0.25) is 20.4 Å². The van der Waals surface area contributed by atoms with E-state index in [0.29, 0.717) is 15.1 Å². The molecule has 0 heterocycles. The number of benzene rings is 2. The average Bonchev–Trinajstić information content (AvgIpc) is 2.55. The number of amides is 2. The Kier molecular flexibility index (Phi) is 6.40. The van der Waals surface area contributed by atoms with Gasteiger partial charge in [0.1, 0.15) is 0 Å². The first-order valence-electron chi connectivity index (χ1n) is 7.50. The zero-order valence-electron chi connectivity index (χ0n) is 13.3. The maximum atomic E-state index is 12.5. The summed E-state index contributed by atoms with van der Waals surface area (Å²) < 4.78 is 0.662. The minimum atomic E-state index is -0.387. The van der Waals surface area contributed by atoms with Crippen molar-refractivity contribution < 1.29 is 9.59 Å². The molecule has 2 aromatic rings. The minimum Gasteiger partial charge on any atom is -0.273 e. The van der Waals surface area contributed by atoms with Gasteiger partial charge in [0.25, 0.3) is 5.91 Å². The van der Waals surface area contributed by atoms with E-state index in [1.807, 2.05) is 32.0 Å². The summed E-state index contributed by atoms with van der Waals surface area (Å²) in [4.78, 5) is 24.7. The lowest BCUT2D eigenvalue weighted by molar-refractivity contribution is -0.124. The van der Waals surface area contributed by atoms with Gasteiger partial charge in [-0.1, -0.05) is 49.7 Å². The summed E-state index contributed by atoms with van der Waals surface area (Å²) in [5.74, 6) is -0.976. The Morgan fingerprint density at radius 3 is 2.21 bits per heavy atom. The minimum absolute atomic E-state index is 0.0616. The molecule has 0 radical (unpaired) electrons. The van der Waals surface area contributed by atoms with Crippen LogP contribution >= 0.6 is 27.5 Å². The summed E-state index contributed by atoms with van der Waals surface area (Å²) in [5.41, 5.74) is 6.27. The molecule has 2 N–H and O–H groups in total. The van der Waals surface area contributed by atoms with Crippen molar-refractivity contribution in [2.24, 2.45) is 5.92 Å². The number of hydrogen-bond donors (Lipinski definition) is 2. The van der Waals surface area contributed by atoms with E-state index in [4.69, 9.17) is 11.6 Å². The SMILES string of the molecule is CC(C)[C@@H](C(=O)NNC(=O)c1ccccc1Br)c1ccc(Cl)cc1. The van der Waals surface area contributed by atoms with E-state index in [9.17, 15) is 9.59 Å². The van der Waals surface area contributed by atoms with Crippen molar-refractivity contribution in [2.75, 3.05) is 0 Å². The van der Waals surface area contributed by atoms with Crippen molar-refractivity contribution in [3.8, 4) is 0 Å². The van der Waals surface area contributed by atoms with Crippen molar-refractivity contribution in [2.45, 2.75) is 19.8 Å². The van der Waals surface area contributed by atoms with Crippen LogP contribution in [0.15, 0.2) is 53.0 Å². The summed E-state index contributed by atoms with van der Waals surface area (Å²) in [6, 6.07) is 14.1. The van der Waals surface area contributed by atoms with Gasteiger partial charge in [-0.15, -0.1) is 0 Å². The summed E-state index contributed by atoms with van der Waals surface area (Å²) in [6.45, 7) is 3.91. The number of hydrazine groups is 1. The molecule has 2 aromatic carbocycles. The van der Waals surface area contributed by atoms with Crippen molar-refractivity contribution in [1.29, 1.82) is 0 Å². The van der Waals surface area contributed by atoms with E-state index in [1.54, 1.807) is 30.3 Å². The average molecular weight is 410 g/mol. The fraction of sp³-hybridized carbons (Fsp3) is 0.222. The molecule has 0 saturated heterocycles. The van der Waals surface area contributed by atoms with Crippen LogP contribution in [0.4, 0.5) is 0 Å². The number of nitrogens with one attached hydrogen (secondary N) is 2. The van der Waals surface area contributed by atoms with Gasteiger partial charge in [0.2, 0.25) is 5.91 Å². The van der Waals surface area contributed by atoms with Crippen LogP contribution in [0.3, 0.4) is 0 Å². The number of rotatable bonds is 4. The molecular formula is C18H18BrClN2O2. The van der Waals surface area contributed by atoms with Crippen LogP contribution in [0.5, 0.6) is 0 Å². The molecule has 0 aliphatic heterocycles. The van der Waals surface area contributed by atoms with E-state index >= 15 is 0 Å². The zero-order chi connectivity index (χ0) is 17.7. The summed E-state index contributed by atoms with van der Waals surface area (Å²) in [5, 5.41) is 0.615. The van der Waals surface area contributed by atoms with Crippen molar-refractivity contribution >= 4 is 39.3 Å². The Bertz CT molecular complexity index is 732. The normalized spacial score (nSPS) is 11.9. The summed E-state index contributed by atoms with van der Waals surface area (Å²) >= 11 is 9.21. The van der Waals surface area contributed by atoms with Gasteiger partial charge in [0.15, 0.2) is 0 Å². The predicted octanol–water partition coefficient (Wildman–Crippen LogP) is 4.30.